The molecule has 0 radical (unpaired) electrons. The molecule has 1 fully saturated rings. The van der Waals surface area contributed by atoms with Gasteiger partial charge in [0.05, 0.1) is 16.9 Å². The van der Waals surface area contributed by atoms with Crippen molar-refractivity contribution >= 4 is 23.0 Å². The van der Waals surface area contributed by atoms with Crippen LogP contribution in [-0.2, 0) is 0 Å². The van der Waals surface area contributed by atoms with E-state index in [9.17, 15) is 9.65 Å². The van der Waals surface area contributed by atoms with Crippen LogP contribution >= 0.6 is 11.6 Å². The lowest BCUT2D eigenvalue weighted by Gasteiger charge is -2.34. The van der Waals surface area contributed by atoms with Gasteiger partial charge in [-0.15, -0.1) is 0 Å². The average Bonchev–Trinajstić information content (AvgIpc) is 2.58. The third kappa shape index (κ3) is 3.57. The van der Waals surface area contributed by atoms with Crippen molar-refractivity contribution in [2.75, 3.05) is 23.3 Å². The molecule has 1 aliphatic rings. The van der Waals surface area contributed by atoms with Crippen LogP contribution < -0.4 is 10.2 Å². The zero-order chi connectivity index (χ0) is 16.2. The molecule has 0 atom stereocenters. The Labute approximate surface area is 140 Å². The van der Waals surface area contributed by atoms with Crippen LogP contribution in [0.15, 0.2) is 42.5 Å². The molecule has 1 heterocycles. The molecule has 3 rings (SSSR count). The standard InChI is InChI=1S/C18H17ClFN3/c19-14-5-6-18(13(11-14)12-21)23-9-7-15(8-10-23)22-17-4-2-1-3-16(17)20/h1-6,11,15,22H,7-10H2. The second-order valence-corrected chi connectivity index (χ2v) is 6.10. The third-order valence-electron chi connectivity index (χ3n) is 4.15. The van der Waals surface area contributed by atoms with E-state index in [-0.39, 0.29) is 11.9 Å². The number of benzene rings is 2. The van der Waals surface area contributed by atoms with Crippen LogP contribution in [0.2, 0.25) is 5.02 Å². The number of anilines is 2. The Balaban J connectivity index is 1.65. The molecule has 0 amide bonds. The van der Waals surface area contributed by atoms with E-state index in [1.807, 2.05) is 12.1 Å². The van der Waals surface area contributed by atoms with Gasteiger partial charge in [0.1, 0.15) is 11.9 Å². The van der Waals surface area contributed by atoms with Crippen LogP contribution in [-0.4, -0.2) is 19.1 Å². The summed E-state index contributed by atoms with van der Waals surface area (Å²) in [7, 11) is 0. The lowest BCUT2D eigenvalue weighted by molar-refractivity contribution is 0.522. The van der Waals surface area contributed by atoms with Crippen molar-refractivity contribution in [3.8, 4) is 6.07 Å². The van der Waals surface area contributed by atoms with Crippen molar-refractivity contribution in [1.82, 2.24) is 0 Å². The Morgan fingerprint density at radius 1 is 1.17 bits per heavy atom. The molecule has 2 aromatic rings. The fraction of sp³-hybridized carbons (Fsp3) is 0.278. The first-order chi connectivity index (χ1) is 11.2. The van der Waals surface area contributed by atoms with Crippen molar-refractivity contribution < 1.29 is 4.39 Å². The number of rotatable bonds is 3. The van der Waals surface area contributed by atoms with Crippen LogP contribution in [0.4, 0.5) is 15.8 Å². The van der Waals surface area contributed by atoms with E-state index >= 15 is 0 Å². The topological polar surface area (TPSA) is 39.1 Å². The molecule has 1 N–H and O–H groups in total. The number of halogens is 2. The summed E-state index contributed by atoms with van der Waals surface area (Å²) in [6.07, 6.45) is 1.78. The number of nitrogens with one attached hydrogen (secondary N) is 1. The van der Waals surface area contributed by atoms with Gasteiger partial charge in [-0.1, -0.05) is 23.7 Å². The Morgan fingerprint density at radius 3 is 2.61 bits per heavy atom. The number of hydrogen-bond donors (Lipinski definition) is 1. The highest BCUT2D eigenvalue weighted by Crippen LogP contribution is 2.27. The maximum absolute atomic E-state index is 13.7. The molecule has 0 saturated carbocycles. The van der Waals surface area contributed by atoms with Crippen LogP contribution in [0.5, 0.6) is 0 Å². The van der Waals surface area contributed by atoms with Gasteiger partial charge in [0.2, 0.25) is 0 Å². The maximum atomic E-state index is 13.7. The summed E-state index contributed by atoms with van der Waals surface area (Å²) in [5.41, 5.74) is 2.06. The molecule has 0 unspecified atom stereocenters. The number of nitrogens with zero attached hydrogens (tertiary/aromatic N) is 2. The molecule has 23 heavy (non-hydrogen) atoms. The van der Waals surface area contributed by atoms with Crippen molar-refractivity contribution in [1.29, 1.82) is 5.26 Å². The number of hydrogen-bond acceptors (Lipinski definition) is 3. The minimum Gasteiger partial charge on any atom is -0.380 e. The van der Waals surface area contributed by atoms with Gasteiger partial charge in [-0.05, 0) is 43.2 Å². The second kappa shape index (κ2) is 6.89. The lowest BCUT2D eigenvalue weighted by atomic mass is 10.0. The van der Waals surface area contributed by atoms with Crippen molar-refractivity contribution in [2.45, 2.75) is 18.9 Å². The molecule has 118 valence electrons. The zero-order valence-corrected chi connectivity index (χ0v) is 13.4. The zero-order valence-electron chi connectivity index (χ0n) is 12.6. The monoisotopic (exact) mass is 329 g/mol. The van der Waals surface area contributed by atoms with Gasteiger partial charge in [-0.3, -0.25) is 0 Å². The summed E-state index contributed by atoms with van der Waals surface area (Å²) < 4.78 is 13.7. The molecule has 0 aromatic heterocycles. The highest BCUT2D eigenvalue weighted by Gasteiger charge is 2.21. The SMILES string of the molecule is N#Cc1cc(Cl)ccc1N1CCC(Nc2ccccc2F)CC1. The lowest BCUT2D eigenvalue weighted by Crippen LogP contribution is -2.39. The second-order valence-electron chi connectivity index (χ2n) is 5.66. The highest BCUT2D eigenvalue weighted by molar-refractivity contribution is 6.30. The van der Waals surface area contributed by atoms with Gasteiger partial charge in [0.15, 0.2) is 0 Å². The van der Waals surface area contributed by atoms with Gasteiger partial charge in [-0.2, -0.15) is 5.26 Å². The molecule has 5 heteroatoms. The maximum Gasteiger partial charge on any atom is 0.146 e. The van der Waals surface area contributed by atoms with Gasteiger partial charge in [-0.25, -0.2) is 4.39 Å². The number of nitriles is 1. The average molecular weight is 330 g/mol. The summed E-state index contributed by atoms with van der Waals surface area (Å²) in [4.78, 5) is 2.19. The first-order valence-corrected chi connectivity index (χ1v) is 8.01. The van der Waals surface area contributed by atoms with Crippen LogP contribution in [0.3, 0.4) is 0 Å². The van der Waals surface area contributed by atoms with E-state index in [4.69, 9.17) is 11.6 Å². The van der Waals surface area contributed by atoms with Crippen LogP contribution in [0.25, 0.3) is 0 Å². The smallest absolute Gasteiger partial charge is 0.146 e. The Hall–Kier alpha value is -2.25. The molecular weight excluding hydrogens is 313 g/mol. The summed E-state index contributed by atoms with van der Waals surface area (Å²) in [5, 5.41) is 13.1. The largest absolute Gasteiger partial charge is 0.380 e. The summed E-state index contributed by atoms with van der Waals surface area (Å²) in [5.74, 6) is -0.223. The van der Waals surface area contributed by atoms with Crippen molar-refractivity contribution in [3.05, 3.63) is 58.9 Å². The predicted octanol–water partition coefficient (Wildman–Crippen LogP) is 4.43. The third-order valence-corrected chi connectivity index (χ3v) is 4.38. The number of piperidine rings is 1. The first kappa shape index (κ1) is 15.6. The fourth-order valence-electron chi connectivity index (χ4n) is 2.94. The molecular formula is C18H17ClFN3. The molecule has 0 spiro atoms. The Morgan fingerprint density at radius 2 is 1.91 bits per heavy atom. The van der Waals surface area contributed by atoms with E-state index in [2.05, 4.69) is 16.3 Å². The minimum atomic E-state index is -0.223. The van der Waals surface area contributed by atoms with Crippen molar-refractivity contribution in [3.63, 3.8) is 0 Å². The Bertz CT molecular complexity index is 733. The highest BCUT2D eigenvalue weighted by atomic mass is 35.5. The normalized spacial score (nSPS) is 15.3. The van der Waals surface area contributed by atoms with Gasteiger partial charge in [0, 0.05) is 24.2 Å². The van der Waals surface area contributed by atoms with E-state index in [1.54, 1.807) is 24.3 Å². The Kier molecular flexibility index (Phi) is 4.68. The fourth-order valence-corrected chi connectivity index (χ4v) is 3.11. The summed E-state index contributed by atoms with van der Waals surface area (Å²) >= 11 is 5.95. The van der Waals surface area contributed by atoms with Crippen molar-refractivity contribution in [2.24, 2.45) is 0 Å². The minimum absolute atomic E-state index is 0.223. The van der Waals surface area contributed by atoms with Gasteiger partial charge >= 0.3 is 0 Å². The first-order valence-electron chi connectivity index (χ1n) is 7.63. The molecule has 0 bridgehead atoms. The molecule has 1 saturated heterocycles. The van der Waals surface area contributed by atoms with Crippen LogP contribution in [0.1, 0.15) is 18.4 Å². The van der Waals surface area contributed by atoms with E-state index in [0.29, 0.717) is 16.3 Å². The predicted molar refractivity (Wildman–Crippen MR) is 91.4 cm³/mol. The van der Waals surface area contributed by atoms with E-state index < -0.39 is 0 Å². The molecule has 1 aliphatic heterocycles. The van der Waals surface area contributed by atoms with E-state index in [1.165, 1.54) is 6.07 Å². The van der Waals surface area contributed by atoms with Gasteiger partial charge in [0.25, 0.3) is 0 Å². The summed E-state index contributed by atoms with van der Waals surface area (Å²) in [6.45, 7) is 1.64. The molecule has 2 aromatic carbocycles. The summed E-state index contributed by atoms with van der Waals surface area (Å²) in [6, 6.07) is 14.6. The quantitative estimate of drug-likeness (QED) is 0.905. The molecule has 3 nitrogen and oxygen atoms in total. The van der Waals surface area contributed by atoms with Crippen LogP contribution in [0, 0.1) is 17.1 Å². The van der Waals surface area contributed by atoms with Gasteiger partial charge < -0.3 is 10.2 Å². The number of para-hydroxylation sites is 1. The van der Waals surface area contributed by atoms with E-state index in [0.717, 1.165) is 31.6 Å². The molecule has 0 aliphatic carbocycles.